The molecule has 28 heavy (non-hydrogen) atoms. The number of hydrogen-bond acceptors (Lipinski definition) is 5. The van der Waals surface area contributed by atoms with Crippen LogP contribution in [0, 0.1) is 0 Å². The first-order valence-electron chi connectivity index (χ1n) is 9.53. The number of benzene rings is 2. The van der Waals surface area contributed by atoms with Crippen molar-refractivity contribution in [1.29, 1.82) is 0 Å². The molecule has 2 aromatic carbocycles. The molecule has 1 atom stereocenters. The first-order valence-corrected chi connectivity index (χ1v) is 11.0. The Balaban J connectivity index is 1.50. The Morgan fingerprint density at radius 3 is 2.79 bits per heavy atom. The molecule has 0 saturated carbocycles. The zero-order valence-corrected chi connectivity index (χ0v) is 17.0. The smallest absolute Gasteiger partial charge is 0.242 e. The van der Waals surface area contributed by atoms with Crippen molar-refractivity contribution >= 4 is 21.1 Å². The first kappa shape index (κ1) is 19.1. The van der Waals surface area contributed by atoms with Gasteiger partial charge in [0.2, 0.25) is 10.0 Å². The van der Waals surface area contributed by atoms with Gasteiger partial charge in [0, 0.05) is 33.1 Å². The third kappa shape index (κ3) is 3.83. The molecule has 1 unspecified atom stereocenters. The molecule has 2 heterocycles. The van der Waals surface area contributed by atoms with Crippen molar-refractivity contribution in [2.75, 3.05) is 27.2 Å². The number of oxazole rings is 1. The largest absolute Gasteiger partial charge is 0.440 e. The molecule has 1 aliphatic heterocycles. The Hall–Kier alpha value is -2.22. The summed E-state index contributed by atoms with van der Waals surface area (Å²) in [7, 11) is -0.313. The molecule has 0 bridgehead atoms. The monoisotopic (exact) mass is 399 g/mol. The molecule has 0 amide bonds. The summed E-state index contributed by atoms with van der Waals surface area (Å²) in [6, 6.07) is 15.1. The molecule has 1 aromatic heterocycles. The van der Waals surface area contributed by atoms with Gasteiger partial charge in [0.15, 0.2) is 11.5 Å². The maximum atomic E-state index is 12.4. The molecule has 1 aliphatic rings. The Morgan fingerprint density at radius 2 is 2.00 bits per heavy atom. The van der Waals surface area contributed by atoms with Crippen molar-refractivity contribution in [2.45, 2.75) is 30.2 Å². The van der Waals surface area contributed by atoms with Crippen LogP contribution in [0.2, 0.25) is 0 Å². The second-order valence-electron chi connectivity index (χ2n) is 7.53. The van der Waals surface area contributed by atoms with E-state index in [2.05, 4.69) is 9.88 Å². The van der Waals surface area contributed by atoms with Crippen LogP contribution in [0.1, 0.15) is 30.2 Å². The highest BCUT2D eigenvalue weighted by Crippen LogP contribution is 2.29. The molecular weight excluding hydrogens is 374 g/mol. The van der Waals surface area contributed by atoms with Crippen molar-refractivity contribution in [2.24, 2.45) is 0 Å². The fourth-order valence-electron chi connectivity index (χ4n) is 3.74. The van der Waals surface area contributed by atoms with Gasteiger partial charge in [-0.25, -0.2) is 17.7 Å². The molecule has 0 aliphatic carbocycles. The van der Waals surface area contributed by atoms with Gasteiger partial charge >= 0.3 is 0 Å². The lowest BCUT2D eigenvalue weighted by molar-refractivity contribution is 0.187. The summed E-state index contributed by atoms with van der Waals surface area (Å²) in [6.07, 6.45) is 2.12. The fourth-order valence-corrected chi connectivity index (χ4v) is 4.71. The third-order valence-electron chi connectivity index (χ3n) is 5.25. The molecule has 6 nitrogen and oxygen atoms in total. The molecule has 3 aromatic rings. The average molecular weight is 400 g/mol. The van der Waals surface area contributed by atoms with Crippen LogP contribution in [-0.4, -0.2) is 49.8 Å². The average Bonchev–Trinajstić information content (AvgIpc) is 3.13. The van der Waals surface area contributed by atoms with E-state index in [-0.39, 0.29) is 5.92 Å². The van der Waals surface area contributed by atoms with Crippen LogP contribution >= 0.6 is 0 Å². The van der Waals surface area contributed by atoms with Gasteiger partial charge in [-0.15, -0.1) is 0 Å². The molecular formula is C21H25N3O3S. The molecule has 7 heteroatoms. The lowest BCUT2D eigenvalue weighted by atomic mass is 9.97. The number of rotatable bonds is 5. The second kappa shape index (κ2) is 7.66. The zero-order valence-electron chi connectivity index (χ0n) is 16.2. The van der Waals surface area contributed by atoms with Crippen LogP contribution in [0.25, 0.3) is 11.1 Å². The summed E-state index contributed by atoms with van der Waals surface area (Å²) < 4.78 is 32.0. The van der Waals surface area contributed by atoms with E-state index in [1.54, 1.807) is 26.2 Å². The summed E-state index contributed by atoms with van der Waals surface area (Å²) in [6.45, 7) is 2.56. The molecule has 0 N–H and O–H groups in total. The quantitative estimate of drug-likeness (QED) is 0.657. The molecule has 4 rings (SSSR count). The summed E-state index contributed by atoms with van der Waals surface area (Å²) >= 11 is 0. The zero-order chi connectivity index (χ0) is 19.7. The second-order valence-corrected chi connectivity index (χ2v) is 9.68. The maximum Gasteiger partial charge on any atom is 0.242 e. The normalized spacial score (nSPS) is 18.8. The van der Waals surface area contributed by atoms with Gasteiger partial charge in [0.05, 0.1) is 4.90 Å². The highest BCUT2D eigenvalue weighted by molar-refractivity contribution is 7.89. The maximum absolute atomic E-state index is 12.4. The SMILES string of the molecule is CN(C)S(=O)(=O)c1cccc(CN2CCCC(c3nc4ccccc4o3)C2)c1. The van der Waals surface area contributed by atoms with Crippen molar-refractivity contribution < 1.29 is 12.8 Å². The highest BCUT2D eigenvalue weighted by Gasteiger charge is 2.26. The van der Waals surface area contributed by atoms with E-state index in [1.165, 1.54) is 4.31 Å². The van der Waals surface area contributed by atoms with Crippen molar-refractivity contribution in [3.05, 3.63) is 60.0 Å². The standard InChI is InChI=1S/C21H25N3O3S/c1-23(2)28(25,26)18-9-5-7-16(13-18)14-24-12-6-8-17(15-24)21-22-19-10-3-4-11-20(19)27-21/h3-5,7,9-11,13,17H,6,8,12,14-15H2,1-2H3. The molecule has 0 spiro atoms. The van der Waals surface area contributed by atoms with Crippen LogP contribution in [0.4, 0.5) is 0 Å². The highest BCUT2D eigenvalue weighted by atomic mass is 32.2. The number of piperidine rings is 1. The Bertz CT molecular complexity index is 1040. The predicted molar refractivity (Wildman–Crippen MR) is 109 cm³/mol. The lowest BCUT2D eigenvalue weighted by Gasteiger charge is -2.31. The minimum atomic E-state index is -3.42. The van der Waals surface area contributed by atoms with E-state index in [4.69, 9.17) is 4.42 Å². The van der Waals surface area contributed by atoms with Gasteiger partial charge < -0.3 is 4.42 Å². The van der Waals surface area contributed by atoms with Gasteiger partial charge in [-0.1, -0.05) is 24.3 Å². The van der Waals surface area contributed by atoms with E-state index >= 15 is 0 Å². The number of fused-ring (bicyclic) bond motifs is 1. The molecule has 1 fully saturated rings. The van der Waals surface area contributed by atoms with Crippen LogP contribution in [-0.2, 0) is 16.6 Å². The fraction of sp³-hybridized carbons (Fsp3) is 0.381. The summed E-state index contributed by atoms with van der Waals surface area (Å²) in [5, 5.41) is 0. The predicted octanol–water partition coefficient (Wildman–Crippen LogP) is 3.46. The van der Waals surface area contributed by atoms with Crippen LogP contribution in [0.3, 0.4) is 0 Å². The number of nitrogens with zero attached hydrogens (tertiary/aromatic N) is 3. The van der Waals surface area contributed by atoms with Gasteiger partial charge in [-0.2, -0.15) is 0 Å². The van der Waals surface area contributed by atoms with Crippen molar-refractivity contribution in [3.63, 3.8) is 0 Å². The van der Waals surface area contributed by atoms with Crippen LogP contribution in [0.5, 0.6) is 0 Å². The topological polar surface area (TPSA) is 66.7 Å². The first-order chi connectivity index (χ1) is 13.4. The minimum absolute atomic E-state index is 0.259. The molecule has 148 valence electrons. The number of para-hydroxylation sites is 2. The van der Waals surface area contributed by atoms with Gasteiger partial charge in [0.1, 0.15) is 5.52 Å². The lowest BCUT2D eigenvalue weighted by Crippen LogP contribution is -2.34. The summed E-state index contributed by atoms with van der Waals surface area (Å²) in [4.78, 5) is 7.35. The van der Waals surface area contributed by atoms with E-state index in [9.17, 15) is 8.42 Å². The minimum Gasteiger partial charge on any atom is -0.440 e. The Morgan fingerprint density at radius 1 is 1.18 bits per heavy atom. The van der Waals surface area contributed by atoms with E-state index in [0.29, 0.717) is 11.4 Å². The Labute approximate surface area is 165 Å². The van der Waals surface area contributed by atoms with Crippen molar-refractivity contribution in [1.82, 2.24) is 14.2 Å². The third-order valence-corrected chi connectivity index (χ3v) is 7.06. The van der Waals surface area contributed by atoms with Crippen LogP contribution < -0.4 is 0 Å². The van der Waals surface area contributed by atoms with Gasteiger partial charge in [0.25, 0.3) is 0 Å². The number of likely N-dealkylation sites (tertiary alicyclic amines) is 1. The summed E-state index contributed by atoms with van der Waals surface area (Å²) in [5.74, 6) is 1.06. The summed E-state index contributed by atoms with van der Waals surface area (Å²) in [5.41, 5.74) is 2.73. The van der Waals surface area contributed by atoms with Gasteiger partial charge in [-0.3, -0.25) is 4.90 Å². The number of sulfonamides is 1. The number of hydrogen-bond donors (Lipinski definition) is 0. The van der Waals surface area contributed by atoms with E-state index < -0.39 is 10.0 Å². The Kier molecular flexibility index (Phi) is 5.23. The molecule has 0 radical (unpaired) electrons. The van der Waals surface area contributed by atoms with Gasteiger partial charge in [-0.05, 0) is 49.2 Å². The van der Waals surface area contributed by atoms with Crippen molar-refractivity contribution in [3.8, 4) is 0 Å². The van der Waals surface area contributed by atoms with E-state index in [0.717, 1.165) is 48.5 Å². The van der Waals surface area contributed by atoms with Crippen LogP contribution in [0.15, 0.2) is 57.8 Å². The number of aromatic nitrogens is 1. The molecule has 1 saturated heterocycles. The van der Waals surface area contributed by atoms with E-state index in [1.807, 2.05) is 36.4 Å².